The summed E-state index contributed by atoms with van der Waals surface area (Å²) >= 11 is 0. The Morgan fingerprint density at radius 2 is 1.88 bits per heavy atom. The number of hydrogen-bond donors (Lipinski definition) is 0. The quantitative estimate of drug-likeness (QED) is 0.720. The van der Waals surface area contributed by atoms with Crippen LogP contribution in [0.1, 0.15) is 30.6 Å². The summed E-state index contributed by atoms with van der Waals surface area (Å²) in [5, 5.41) is 0. The molecule has 0 atom stereocenters. The number of Topliss-reactive ketones (excluding diaryl/α,β-unsaturated/α-hetero) is 1. The van der Waals surface area contributed by atoms with Crippen LogP contribution in [0.3, 0.4) is 0 Å². The van der Waals surface area contributed by atoms with Crippen molar-refractivity contribution in [1.29, 1.82) is 0 Å². The number of amides is 1. The summed E-state index contributed by atoms with van der Waals surface area (Å²) in [6.07, 6.45) is 0.450. The molecule has 1 heterocycles. The van der Waals surface area contributed by atoms with Crippen LogP contribution >= 0.6 is 0 Å². The number of carbonyl (C=O) groups excluding carboxylic acids is 2. The number of nitrogens with zero attached hydrogens (tertiary/aromatic N) is 1. The fraction of sp³-hybridized carbons (Fsp3) is 0.385. The minimum Gasteiger partial charge on any atom is -0.326 e. The maximum Gasteiger partial charge on any atom is 0.254 e. The number of hydrogen-bond acceptors (Lipinski definition) is 2. The fourth-order valence-corrected chi connectivity index (χ4v) is 2.11. The molecule has 0 unspecified atom stereocenters. The average Bonchev–Trinajstić information content (AvgIpc) is 2.52. The molecule has 1 aromatic rings. The second-order valence-electron chi connectivity index (χ2n) is 4.79. The second-order valence-corrected chi connectivity index (χ2v) is 4.79. The van der Waals surface area contributed by atoms with Gasteiger partial charge in [0.25, 0.3) is 5.91 Å². The molecule has 3 heteroatoms. The topological polar surface area (TPSA) is 37.4 Å². The summed E-state index contributed by atoms with van der Waals surface area (Å²) in [5.74, 6) is 0.0748. The van der Waals surface area contributed by atoms with E-state index in [1.165, 1.54) is 0 Å². The first kappa shape index (κ1) is 10.9. The zero-order chi connectivity index (χ0) is 11.8. The molecule has 0 spiro atoms. The van der Waals surface area contributed by atoms with Crippen molar-refractivity contribution in [3.05, 3.63) is 35.9 Å². The van der Waals surface area contributed by atoms with Gasteiger partial charge >= 0.3 is 0 Å². The zero-order valence-corrected chi connectivity index (χ0v) is 9.56. The molecule has 0 aliphatic carbocycles. The van der Waals surface area contributed by atoms with Gasteiger partial charge in [0.2, 0.25) is 0 Å². The zero-order valence-electron chi connectivity index (χ0n) is 9.56. The molecular formula is C13H15NO2. The van der Waals surface area contributed by atoms with E-state index in [4.69, 9.17) is 0 Å². The van der Waals surface area contributed by atoms with Crippen LogP contribution in [0.2, 0.25) is 0 Å². The van der Waals surface area contributed by atoms with Gasteiger partial charge in [-0.3, -0.25) is 9.59 Å². The van der Waals surface area contributed by atoms with Gasteiger partial charge in [-0.1, -0.05) is 18.2 Å². The molecule has 1 aliphatic heterocycles. The molecule has 1 aromatic carbocycles. The highest BCUT2D eigenvalue weighted by Gasteiger charge is 2.40. The monoisotopic (exact) mass is 217 g/mol. The van der Waals surface area contributed by atoms with Crippen LogP contribution in [-0.4, -0.2) is 28.7 Å². The lowest BCUT2D eigenvalue weighted by atomic mass is 10.0. The first-order valence-corrected chi connectivity index (χ1v) is 5.39. The maximum absolute atomic E-state index is 12.2. The predicted octanol–water partition coefficient (Wildman–Crippen LogP) is 1.88. The minimum atomic E-state index is -0.357. The third-order valence-electron chi connectivity index (χ3n) is 2.96. The lowest BCUT2D eigenvalue weighted by Crippen LogP contribution is -2.42. The van der Waals surface area contributed by atoms with E-state index in [0.717, 1.165) is 0 Å². The van der Waals surface area contributed by atoms with E-state index in [1.54, 1.807) is 17.0 Å². The summed E-state index contributed by atoms with van der Waals surface area (Å²) in [4.78, 5) is 25.3. The van der Waals surface area contributed by atoms with Gasteiger partial charge in [-0.05, 0) is 26.0 Å². The Kier molecular flexibility index (Phi) is 2.54. The first-order valence-electron chi connectivity index (χ1n) is 5.39. The molecule has 16 heavy (non-hydrogen) atoms. The van der Waals surface area contributed by atoms with E-state index >= 15 is 0 Å². The molecule has 1 saturated heterocycles. The van der Waals surface area contributed by atoms with Crippen molar-refractivity contribution in [3.63, 3.8) is 0 Å². The number of carbonyl (C=O) groups is 2. The van der Waals surface area contributed by atoms with Crippen LogP contribution in [0.5, 0.6) is 0 Å². The van der Waals surface area contributed by atoms with Crippen molar-refractivity contribution in [3.8, 4) is 0 Å². The van der Waals surface area contributed by atoms with Gasteiger partial charge in [0.05, 0.1) is 6.54 Å². The van der Waals surface area contributed by atoms with E-state index in [9.17, 15) is 9.59 Å². The molecule has 1 amide bonds. The highest BCUT2D eigenvalue weighted by molar-refractivity contribution is 5.99. The summed E-state index contributed by atoms with van der Waals surface area (Å²) in [7, 11) is 0. The lowest BCUT2D eigenvalue weighted by Gasteiger charge is -2.30. The third kappa shape index (κ3) is 1.85. The van der Waals surface area contributed by atoms with Crippen LogP contribution in [0.15, 0.2) is 30.3 Å². The van der Waals surface area contributed by atoms with Gasteiger partial charge < -0.3 is 4.90 Å². The molecule has 0 N–H and O–H groups in total. The predicted molar refractivity (Wildman–Crippen MR) is 61.2 cm³/mol. The number of benzene rings is 1. The van der Waals surface area contributed by atoms with Crippen molar-refractivity contribution < 1.29 is 9.59 Å². The largest absolute Gasteiger partial charge is 0.326 e. The molecule has 0 aromatic heterocycles. The normalized spacial score (nSPS) is 18.9. The Labute approximate surface area is 95.1 Å². The second kappa shape index (κ2) is 3.74. The Hall–Kier alpha value is -1.64. The van der Waals surface area contributed by atoms with Crippen LogP contribution in [0.4, 0.5) is 0 Å². The molecule has 3 nitrogen and oxygen atoms in total. The van der Waals surface area contributed by atoms with Gasteiger partial charge in [-0.25, -0.2) is 0 Å². The van der Waals surface area contributed by atoms with Gasteiger partial charge in [0.15, 0.2) is 5.78 Å². The lowest BCUT2D eigenvalue weighted by molar-refractivity contribution is -0.116. The Morgan fingerprint density at radius 1 is 1.25 bits per heavy atom. The Bertz CT molecular complexity index is 423. The van der Waals surface area contributed by atoms with Gasteiger partial charge in [0, 0.05) is 17.5 Å². The van der Waals surface area contributed by atoms with Gasteiger partial charge in [-0.15, -0.1) is 0 Å². The highest BCUT2D eigenvalue weighted by atomic mass is 16.2. The van der Waals surface area contributed by atoms with Gasteiger partial charge in [0.1, 0.15) is 0 Å². The smallest absolute Gasteiger partial charge is 0.254 e. The summed E-state index contributed by atoms with van der Waals surface area (Å²) < 4.78 is 0. The van der Waals surface area contributed by atoms with Gasteiger partial charge in [-0.2, -0.15) is 0 Å². The van der Waals surface area contributed by atoms with Crippen molar-refractivity contribution in [2.24, 2.45) is 0 Å². The number of likely N-dealkylation sites (tertiary alicyclic amines) is 1. The average molecular weight is 217 g/mol. The summed E-state index contributed by atoms with van der Waals surface area (Å²) in [6, 6.07) is 9.09. The van der Waals surface area contributed by atoms with E-state index in [2.05, 4.69) is 0 Å². The van der Waals surface area contributed by atoms with E-state index in [-0.39, 0.29) is 23.8 Å². The fourth-order valence-electron chi connectivity index (χ4n) is 2.11. The Balaban J connectivity index is 2.27. The molecule has 84 valence electrons. The van der Waals surface area contributed by atoms with Crippen LogP contribution < -0.4 is 0 Å². The number of ketones is 1. The number of rotatable bonds is 1. The third-order valence-corrected chi connectivity index (χ3v) is 2.96. The summed E-state index contributed by atoms with van der Waals surface area (Å²) in [5.41, 5.74) is 0.287. The standard InChI is InChI=1S/C13H15NO2/c1-13(2)8-11(15)9-14(13)12(16)10-6-4-3-5-7-10/h3-7H,8-9H2,1-2H3. The molecule has 0 saturated carbocycles. The molecule has 0 radical (unpaired) electrons. The van der Waals surface area contributed by atoms with Crippen LogP contribution in [0, 0.1) is 0 Å². The molecular weight excluding hydrogens is 202 g/mol. The van der Waals surface area contributed by atoms with Crippen LogP contribution in [-0.2, 0) is 4.79 Å². The van der Waals surface area contributed by atoms with Crippen molar-refractivity contribution in [2.45, 2.75) is 25.8 Å². The molecule has 0 bridgehead atoms. The van der Waals surface area contributed by atoms with Crippen molar-refractivity contribution >= 4 is 11.7 Å². The van der Waals surface area contributed by atoms with E-state index in [1.807, 2.05) is 32.0 Å². The molecule has 1 fully saturated rings. The Morgan fingerprint density at radius 3 is 2.38 bits per heavy atom. The van der Waals surface area contributed by atoms with E-state index in [0.29, 0.717) is 12.0 Å². The molecule has 1 aliphatic rings. The van der Waals surface area contributed by atoms with Crippen LogP contribution in [0.25, 0.3) is 0 Å². The first-order chi connectivity index (χ1) is 7.50. The summed E-state index contributed by atoms with van der Waals surface area (Å²) in [6.45, 7) is 4.10. The molecule has 2 rings (SSSR count). The minimum absolute atomic E-state index is 0.0588. The SMILES string of the molecule is CC1(C)CC(=O)CN1C(=O)c1ccccc1. The van der Waals surface area contributed by atoms with E-state index < -0.39 is 0 Å². The highest BCUT2D eigenvalue weighted by Crippen LogP contribution is 2.27. The van der Waals surface area contributed by atoms with Crippen molar-refractivity contribution in [2.75, 3.05) is 6.54 Å². The van der Waals surface area contributed by atoms with Crippen molar-refractivity contribution in [1.82, 2.24) is 4.90 Å². The maximum atomic E-state index is 12.2.